The molecule has 17 heavy (non-hydrogen) atoms. The fourth-order valence-corrected chi connectivity index (χ4v) is 2.72. The van der Waals surface area contributed by atoms with Crippen molar-refractivity contribution in [1.29, 1.82) is 0 Å². The van der Waals surface area contributed by atoms with Crippen molar-refractivity contribution in [2.45, 2.75) is 19.0 Å². The molecule has 1 aromatic rings. The summed E-state index contributed by atoms with van der Waals surface area (Å²) >= 11 is 5.05. The molecule has 0 unspecified atom stereocenters. The molecular weight excluding hydrogens is 305 g/mol. The molecule has 0 fully saturated rings. The van der Waals surface area contributed by atoms with Crippen LogP contribution in [-0.4, -0.2) is 29.8 Å². The number of aliphatic hydroxyl groups excluding tert-OH is 1. The van der Waals surface area contributed by atoms with Gasteiger partial charge >= 0.3 is 0 Å². The summed E-state index contributed by atoms with van der Waals surface area (Å²) in [6.45, 7) is 0.620. The minimum Gasteiger partial charge on any atom is -0.396 e. The molecule has 1 aromatic carbocycles. The van der Waals surface area contributed by atoms with Crippen molar-refractivity contribution in [3.8, 4) is 0 Å². The standard InChI is InChI=1S/C12H17BrFNOS/c1-17-8-9(5-6-16)15-7-10-11(13)3-2-4-12(10)14/h2-4,9,15-16H,5-8H2,1H3/t9-/m0/s1. The Kier molecular flexibility index (Phi) is 7.11. The van der Waals surface area contributed by atoms with Crippen LogP contribution in [0.1, 0.15) is 12.0 Å². The van der Waals surface area contributed by atoms with Crippen LogP contribution in [0.2, 0.25) is 0 Å². The van der Waals surface area contributed by atoms with E-state index in [4.69, 9.17) is 5.11 Å². The van der Waals surface area contributed by atoms with Gasteiger partial charge in [0.1, 0.15) is 5.82 Å². The van der Waals surface area contributed by atoms with Crippen molar-refractivity contribution >= 4 is 27.7 Å². The molecule has 0 aromatic heterocycles. The van der Waals surface area contributed by atoms with Gasteiger partial charge in [-0.15, -0.1) is 0 Å². The quantitative estimate of drug-likeness (QED) is 0.810. The molecule has 2 nitrogen and oxygen atoms in total. The third kappa shape index (κ3) is 4.95. The summed E-state index contributed by atoms with van der Waals surface area (Å²) in [6, 6.07) is 5.17. The predicted molar refractivity (Wildman–Crippen MR) is 74.8 cm³/mol. The van der Waals surface area contributed by atoms with Crippen molar-refractivity contribution in [2.75, 3.05) is 18.6 Å². The Bertz CT molecular complexity index is 325. The molecule has 0 saturated carbocycles. The zero-order chi connectivity index (χ0) is 12.7. The van der Waals surface area contributed by atoms with E-state index in [1.807, 2.05) is 12.3 Å². The van der Waals surface area contributed by atoms with E-state index in [0.29, 0.717) is 18.5 Å². The number of halogens is 2. The van der Waals surface area contributed by atoms with Crippen molar-refractivity contribution in [3.63, 3.8) is 0 Å². The van der Waals surface area contributed by atoms with E-state index in [-0.39, 0.29) is 18.5 Å². The molecule has 0 amide bonds. The molecule has 96 valence electrons. The number of hydrogen-bond acceptors (Lipinski definition) is 3. The number of thioether (sulfide) groups is 1. The first-order valence-corrected chi connectivity index (χ1v) is 7.63. The van der Waals surface area contributed by atoms with Gasteiger partial charge in [-0.3, -0.25) is 0 Å². The Balaban J connectivity index is 2.58. The molecule has 1 rings (SSSR count). The molecule has 0 saturated heterocycles. The summed E-state index contributed by atoms with van der Waals surface area (Å²) in [4.78, 5) is 0. The average Bonchev–Trinajstić information content (AvgIpc) is 2.29. The second kappa shape index (κ2) is 8.08. The molecule has 0 heterocycles. The first-order valence-electron chi connectivity index (χ1n) is 5.45. The molecule has 0 spiro atoms. The predicted octanol–water partition coefficient (Wildman–Crippen LogP) is 2.79. The molecular formula is C12H17BrFNOS. The topological polar surface area (TPSA) is 32.3 Å². The fraction of sp³-hybridized carbons (Fsp3) is 0.500. The Hall–Kier alpha value is -0.100. The van der Waals surface area contributed by atoms with Crippen LogP contribution >= 0.6 is 27.7 Å². The minimum atomic E-state index is -0.209. The highest BCUT2D eigenvalue weighted by atomic mass is 79.9. The lowest BCUT2D eigenvalue weighted by Crippen LogP contribution is -2.32. The average molecular weight is 322 g/mol. The molecule has 5 heteroatoms. The maximum atomic E-state index is 13.5. The van der Waals surface area contributed by atoms with Crippen LogP contribution in [0.25, 0.3) is 0 Å². The van der Waals surface area contributed by atoms with Crippen molar-refractivity contribution in [2.24, 2.45) is 0 Å². The molecule has 0 aliphatic heterocycles. The third-order valence-electron chi connectivity index (χ3n) is 2.47. The highest BCUT2D eigenvalue weighted by Gasteiger charge is 2.10. The maximum Gasteiger partial charge on any atom is 0.128 e. The van der Waals surface area contributed by atoms with Gasteiger partial charge in [0.05, 0.1) is 0 Å². The first-order chi connectivity index (χ1) is 8.19. The van der Waals surface area contributed by atoms with Crippen LogP contribution < -0.4 is 5.32 Å². The number of benzene rings is 1. The molecule has 0 aliphatic rings. The Labute approximate surface area is 114 Å². The number of rotatable bonds is 7. The maximum absolute atomic E-state index is 13.5. The molecule has 0 aliphatic carbocycles. The second-order valence-electron chi connectivity index (χ2n) is 3.75. The van der Waals surface area contributed by atoms with Gasteiger partial charge in [-0.05, 0) is 24.8 Å². The van der Waals surface area contributed by atoms with Gasteiger partial charge in [-0.2, -0.15) is 11.8 Å². The van der Waals surface area contributed by atoms with Crippen LogP contribution in [0, 0.1) is 5.82 Å². The summed E-state index contributed by atoms with van der Waals surface area (Å²) in [6.07, 6.45) is 2.71. The summed E-state index contributed by atoms with van der Waals surface area (Å²) in [5.74, 6) is 0.700. The SMILES string of the molecule is CSC[C@H](CCO)NCc1c(F)cccc1Br. The van der Waals surface area contributed by atoms with Gasteiger partial charge in [-0.1, -0.05) is 22.0 Å². The highest BCUT2D eigenvalue weighted by molar-refractivity contribution is 9.10. The number of nitrogens with one attached hydrogen (secondary N) is 1. The van der Waals surface area contributed by atoms with Gasteiger partial charge in [-0.25, -0.2) is 4.39 Å². The zero-order valence-electron chi connectivity index (χ0n) is 9.75. The van der Waals surface area contributed by atoms with E-state index in [1.54, 1.807) is 17.8 Å². The van der Waals surface area contributed by atoms with Gasteiger partial charge in [0.25, 0.3) is 0 Å². The van der Waals surface area contributed by atoms with Crippen molar-refractivity contribution in [3.05, 3.63) is 34.1 Å². The summed E-state index contributed by atoms with van der Waals surface area (Å²) in [5.41, 5.74) is 0.636. The third-order valence-corrected chi connectivity index (χ3v) is 3.95. The highest BCUT2D eigenvalue weighted by Crippen LogP contribution is 2.19. The Morgan fingerprint density at radius 2 is 2.29 bits per heavy atom. The number of hydrogen-bond donors (Lipinski definition) is 2. The summed E-state index contributed by atoms with van der Waals surface area (Å²) < 4.78 is 14.3. The normalized spacial score (nSPS) is 12.7. The van der Waals surface area contributed by atoms with E-state index in [1.165, 1.54) is 6.07 Å². The monoisotopic (exact) mass is 321 g/mol. The van der Waals surface area contributed by atoms with Crippen LogP contribution in [0.3, 0.4) is 0 Å². The lowest BCUT2D eigenvalue weighted by molar-refractivity contribution is 0.269. The largest absolute Gasteiger partial charge is 0.396 e. The van der Waals surface area contributed by atoms with E-state index in [9.17, 15) is 4.39 Å². The van der Waals surface area contributed by atoms with E-state index in [0.717, 1.165) is 10.2 Å². The molecule has 1 atom stereocenters. The van der Waals surface area contributed by atoms with Gasteiger partial charge in [0, 0.05) is 35.0 Å². The van der Waals surface area contributed by atoms with Gasteiger partial charge in [0.15, 0.2) is 0 Å². The molecule has 2 N–H and O–H groups in total. The minimum absolute atomic E-state index is 0.149. The molecule has 0 radical (unpaired) electrons. The van der Waals surface area contributed by atoms with Crippen molar-refractivity contribution in [1.82, 2.24) is 5.32 Å². The first kappa shape index (κ1) is 15.0. The van der Waals surface area contributed by atoms with Gasteiger partial charge in [0.2, 0.25) is 0 Å². The summed E-state index contributed by atoms with van der Waals surface area (Å²) in [7, 11) is 0. The molecule has 0 bridgehead atoms. The fourth-order valence-electron chi connectivity index (χ4n) is 1.55. The van der Waals surface area contributed by atoms with Crippen LogP contribution in [0.4, 0.5) is 4.39 Å². The van der Waals surface area contributed by atoms with Gasteiger partial charge < -0.3 is 10.4 Å². The van der Waals surface area contributed by atoms with Crippen LogP contribution in [0.15, 0.2) is 22.7 Å². The van der Waals surface area contributed by atoms with E-state index >= 15 is 0 Å². The smallest absolute Gasteiger partial charge is 0.128 e. The number of aliphatic hydroxyl groups is 1. The zero-order valence-corrected chi connectivity index (χ0v) is 12.2. The second-order valence-corrected chi connectivity index (χ2v) is 5.51. The lowest BCUT2D eigenvalue weighted by Gasteiger charge is -2.17. The van der Waals surface area contributed by atoms with Crippen molar-refractivity contribution < 1.29 is 9.50 Å². The van der Waals surface area contributed by atoms with E-state index in [2.05, 4.69) is 21.2 Å². The lowest BCUT2D eigenvalue weighted by atomic mass is 10.2. The summed E-state index contributed by atoms with van der Waals surface area (Å²) in [5, 5.41) is 12.2. The Morgan fingerprint density at radius 1 is 1.53 bits per heavy atom. The van der Waals surface area contributed by atoms with E-state index < -0.39 is 0 Å². The Morgan fingerprint density at radius 3 is 2.88 bits per heavy atom. The van der Waals surface area contributed by atoms with Crippen LogP contribution in [-0.2, 0) is 6.54 Å². The van der Waals surface area contributed by atoms with Crippen LogP contribution in [0.5, 0.6) is 0 Å².